The summed E-state index contributed by atoms with van der Waals surface area (Å²) in [4.78, 5) is 19.8. The first-order valence-electron chi connectivity index (χ1n) is 9.78. The predicted molar refractivity (Wildman–Crippen MR) is 117 cm³/mol. The average molecular weight is 430 g/mol. The zero-order valence-electron chi connectivity index (χ0n) is 16.6. The Labute approximate surface area is 179 Å². The number of aromatic nitrogens is 3. The van der Waals surface area contributed by atoms with Gasteiger partial charge in [0.25, 0.3) is 5.91 Å². The highest BCUT2D eigenvalue weighted by molar-refractivity contribution is 7.14. The largest absolute Gasteiger partial charge is 0.298 e. The number of hydrogen-bond acceptors (Lipinski definition) is 5. The van der Waals surface area contributed by atoms with E-state index in [1.54, 1.807) is 10.9 Å². The second-order valence-corrected chi connectivity index (χ2v) is 8.91. The van der Waals surface area contributed by atoms with Crippen LogP contribution in [-0.4, -0.2) is 38.7 Å². The molecule has 0 radical (unpaired) electrons. The lowest BCUT2D eigenvalue weighted by atomic mass is 10.0. The van der Waals surface area contributed by atoms with Gasteiger partial charge in [0.1, 0.15) is 0 Å². The van der Waals surface area contributed by atoms with Gasteiger partial charge in [-0.05, 0) is 50.4 Å². The number of carbonyl (C=O) groups excluding carboxylic acids is 1. The standard InChI is InChI=1S/C21H24ClN5OS/c1-14-5-4-8-26(11-14)12-17-13-29-21(24-17)25-20(28)19-10-23-27(15(19)2)18-7-3-6-16(22)9-18/h3,6-7,9-10,13-14H,4-5,8,11-12H2,1-2H3,(H,24,25,28). The van der Waals surface area contributed by atoms with Crippen LogP contribution in [0.4, 0.5) is 5.13 Å². The summed E-state index contributed by atoms with van der Waals surface area (Å²) in [6.07, 6.45) is 4.12. The summed E-state index contributed by atoms with van der Waals surface area (Å²) in [6, 6.07) is 7.39. The third-order valence-electron chi connectivity index (χ3n) is 5.21. The van der Waals surface area contributed by atoms with Crippen LogP contribution in [0.3, 0.4) is 0 Å². The van der Waals surface area contributed by atoms with Crippen molar-refractivity contribution in [3.8, 4) is 5.69 Å². The minimum atomic E-state index is -0.205. The lowest BCUT2D eigenvalue weighted by Crippen LogP contribution is -2.33. The molecule has 1 atom stereocenters. The number of halogens is 1. The van der Waals surface area contributed by atoms with E-state index in [1.807, 2.05) is 36.6 Å². The van der Waals surface area contributed by atoms with Gasteiger partial charge in [-0.3, -0.25) is 15.0 Å². The number of piperidine rings is 1. The van der Waals surface area contributed by atoms with E-state index in [0.717, 1.165) is 42.6 Å². The fourth-order valence-corrected chi connectivity index (χ4v) is 4.64. The molecule has 2 aromatic heterocycles. The van der Waals surface area contributed by atoms with Crippen molar-refractivity contribution in [1.82, 2.24) is 19.7 Å². The molecular formula is C21H24ClN5OS. The molecule has 0 saturated carbocycles. The van der Waals surface area contributed by atoms with Crippen LogP contribution in [0.1, 0.15) is 41.5 Å². The minimum absolute atomic E-state index is 0.205. The molecule has 1 aliphatic heterocycles. The smallest absolute Gasteiger partial charge is 0.260 e. The number of nitrogens with zero attached hydrogens (tertiary/aromatic N) is 4. The van der Waals surface area contributed by atoms with Crippen molar-refractivity contribution in [3.05, 3.63) is 57.8 Å². The van der Waals surface area contributed by atoms with E-state index in [0.29, 0.717) is 15.7 Å². The first-order valence-corrected chi connectivity index (χ1v) is 11.0. The summed E-state index contributed by atoms with van der Waals surface area (Å²) in [6.45, 7) is 7.23. The third-order valence-corrected chi connectivity index (χ3v) is 6.25. The van der Waals surface area contributed by atoms with Gasteiger partial charge in [-0.1, -0.05) is 24.6 Å². The second-order valence-electron chi connectivity index (χ2n) is 7.62. The fraction of sp³-hybridized carbons (Fsp3) is 0.381. The van der Waals surface area contributed by atoms with E-state index in [9.17, 15) is 4.79 Å². The summed E-state index contributed by atoms with van der Waals surface area (Å²) in [7, 11) is 0. The van der Waals surface area contributed by atoms with Crippen LogP contribution >= 0.6 is 22.9 Å². The Hall–Kier alpha value is -2.22. The predicted octanol–water partition coefficient (Wildman–Crippen LogP) is 4.77. The van der Waals surface area contributed by atoms with Gasteiger partial charge >= 0.3 is 0 Å². The molecule has 1 fully saturated rings. The van der Waals surface area contributed by atoms with E-state index in [-0.39, 0.29) is 5.91 Å². The van der Waals surface area contributed by atoms with Gasteiger partial charge in [-0.15, -0.1) is 11.3 Å². The number of rotatable bonds is 5. The van der Waals surface area contributed by atoms with Crippen molar-refractivity contribution >= 4 is 34.0 Å². The van der Waals surface area contributed by atoms with Gasteiger partial charge < -0.3 is 0 Å². The summed E-state index contributed by atoms with van der Waals surface area (Å²) in [5.41, 5.74) is 3.10. The van der Waals surface area contributed by atoms with E-state index in [1.165, 1.54) is 24.2 Å². The van der Waals surface area contributed by atoms with Crippen molar-refractivity contribution in [2.45, 2.75) is 33.2 Å². The monoisotopic (exact) mass is 429 g/mol. The van der Waals surface area contributed by atoms with E-state index in [2.05, 4.69) is 27.2 Å². The van der Waals surface area contributed by atoms with Crippen LogP contribution in [0, 0.1) is 12.8 Å². The number of anilines is 1. The summed E-state index contributed by atoms with van der Waals surface area (Å²) >= 11 is 7.53. The SMILES string of the molecule is Cc1c(C(=O)Nc2nc(CN3CCCC(C)C3)cs2)cnn1-c1cccc(Cl)c1. The van der Waals surface area contributed by atoms with E-state index >= 15 is 0 Å². The Morgan fingerprint density at radius 3 is 3.07 bits per heavy atom. The lowest BCUT2D eigenvalue weighted by Gasteiger charge is -2.30. The molecule has 152 valence electrons. The molecule has 0 spiro atoms. The highest BCUT2D eigenvalue weighted by Crippen LogP contribution is 2.22. The van der Waals surface area contributed by atoms with Crippen molar-refractivity contribution in [2.24, 2.45) is 5.92 Å². The van der Waals surface area contributed by atoms with Crippen molar-refractivity contribution in [1.29, 1.82) is 0 Å². The molecule has 3 heterocycles. The topological polar surface area (TPSA) is 63.1 Å². The molecule has 8 heteroatoms. The number of amides is 1. The van der Waals surface area contributed by atoms with Crippen LogP contribution in [0.5, 0.6) is 0 Å². The Kier molecular flexibility index (Phi) is 5.99. The molecule has 1 unspecified atom stereocenters. The lowest BCUT2D eigenvalue weighted by molar-refractivity contribution is 0.102. The Morgan fingerprint density at radius 1 is 1.41 bits per heavy atom. The number of thiazole rings is 1. The molecule has 1 aromatic carbocycles. The molecule has 1 N–H and O–H groups in total. The van der Waals surface area contributed by atoms with E-state index < -0.39 is 0 Å². The van der Waals surface area contributed by atoms with Gasteiger partial charge in [0.05, 0.1) is 28.8 Å². The second kappa shape index (κ2) is 8.65. The van der Waals surface area contributed by atoms with Crippen LogP contribution in [-0.2, 0) is 6.54 Å². The quantitative estimate of drug-likeness (QED) is 0.634. The number of nitrogens with one attached hydrogen (secondary N) is 1. The van der Waals surface area contributed by atoms with Gasteiger partial charge in [0, 0.05) is 23.5 Å². The van der Waals surface area contributed by atoms with Crippen molar-refractivity contribution < 1.29 is 4.79 Å². The average Bonchev–Trinajstić information content (AvgIpc) is 3.28. The van der Waals surface area contributed by atoms with E-state index in [4.69, 9.17) is 11.6 Å². The van der Waals surface area contributed by atoms with Crippen LogP contribution in [0.25, 0.3) is 5.69 Å². The molecule has 29 heavy (non-hydrogen) atoms. The van der Waals surface area contributed by atoms with Crippen LogP contribution < -0.4 is 5.32 Å². The molecule has 1 aliphatic rings. The normalized spacial score (nSPS) is 17.4. The van der Waals surface area contributed by atoms with Gasteiger partial charge in [0.2, 0.25) is 0 Å². The zero-order chi connectivity index (χ0) is 20.4. The van der Waals surface area contributed by atoms with Gasteiger partial charge in [0.15, 0.2) is 5.13 Å². The van der Waals surface area contributed by atoms with Crippen LogP contribution in [0.2, 0.25) is 5.02 Å². The number of carbonyl (C=O) groups is 1. The minimum Gasteiger partial charge on any atom is -0.298 e. The highest BCUT2D eigenvalue weighted by Gasteiger charge is 2.19. The Morgan fingerprint density at radius 2 is 2.28 bits per heavy atom. The Balaban J connectivity index is 1.43. The van der Waals surface area contributed by atoms with Gasteiger partial charge in [-0.2, -0.15) is 5.10 Å². The van der Waals surface area contributed by atoms with Gasteiger partial charge in [-0.25, -0.2) is 9.67 Å². The molecule has 0 aliphatic carbocycles. The zero-order valence-corrected chi connectivity index (χ0v) is 18.1. The maximum atomic E-state index is 12.8. The molecule has 1 saturated heterocycles. The Bertz CT molecular complexity index is 1010. The summed E-state index contributed by atoms with van der Waals surface area (Å²) in [5.74, 6) is 0.531. The maximum absolute atomic E-state index is 12.8. The molecule has 3 aromatic rings. The number of benzene rings is 1. The highest BCUT2D eigenvalue weighted by atomic mass is 35.5. The molecule has 0 bridgehead atoms. The fourth-order valence-electron chi connectivity index (χ4n) is 3.76. The van der Waals surface area contributed by atoms with Crippen molar-refractivity contribution in [2.75, 3.05) is 18.4 Å². The molecule has 4 rings (SSSR count). The number of likely N-dealkylation sites (tertiary alicyclic amines) is 1. The first-order chi connectivity index (χ1) is 14.0. The molecular weight excluding hydrogens is 406 g/mol. The third kappa shape index (κ3) is 4.69. The molecule has 6 nitrogen and oxygen atoms in total. The summed E-state index contributed by atoms with van der Waals surface area (Å²) < 4.78 is 1.71. The van der Waals surface area contributed by atoms with Crippen molar-refractivity contribution in [3.63, 3.8) is 0 Å². The first kappa shape index (κ1) is 20.1. The number of hydrogen-bond donors (Lipinski definition) is 1. The van der Waals surface area contributed by atoms with Crippen LogP contribution in [0.15, 0.2) is 35.8 Å². The maximum Gasteiger partial charge on any atom is 0.260 e. The summed E-state index contributed by atoms with van der Waals surface area (Å²) in [5, 5.41) is 10.5. The molecule has 1 amide bonds.